The van der Waals surface area contributed by atoms with Gasteiger partial charge >= 0.3 is 0 Å². The van der Waals surface area contributed by atoms with Crippen molar-refractivity contribution < 1.29 is 9.90 Å². The van der Waals surface area contributed by atoms with Gasteiger partial charge in [0.25, 0.3) is 0 Å². The highest BCUT2D eigenvalue weighted by Crippen LogP contribution is 2.32. The third-order valence-corrected chi connectivity index (χ3v) is 4.26. The number of anilines is 3. The molecular weight excluding hydrogens is 288 g/mol. The molecule has 3 N–H and O–H groups in total. The Labute approximate surface area is 136 Å². The van der Waals surface area contributed by atoms with Crippen molar-refractivity contribution in [1.29, 1.82) is 0 Å². The lowest BCUT2D eigenvalue weighted by molar-refractivity contribution is -0.120. The molecule has 0 saturated heterocycles. The van der Waals surface area contributed by atoms with Gasteiger partial charge in [0, 0.05) is 17.1 Å². The summed E-state index contributed by atoms with van der Waals surface area (Å²) in [6.45, 7) is 0. The van der Waals surface area contributed by atoms with Crippen LogP contribution in [0.15, 0.2) is 54.6 Å². The van der Waals surface area contributed by atoms with E-state index in [2.05, 4.69) is 10.6 Å². The van der Waals surface area contributed by atoms with E-state index in [-0.39, 0.29) is 12.3 Å². The molecule has 120 valence electrons. The molecule has 3 rings (SSSR count). The summed E-state index contributed by atoms with van der Waals surface area (Å²) >= 11 is 0. The molecule has 1 saturated carbocycles. The Bertz CT molecular complexity index is 647. The predicted molar refractivity (Wildman–Crippen MR) is 92.8 cm³/mol. The molecule has 4 heteroatoms. The summed E-state index contributed by atoms with van der Waals surface area (Å²) in [5.74, 6) is -0.127. The van der Waals surface area contributed by atoms with Crippen molar-refractivity contribution in [2.24, 2.45) is 0 Å². The van der Waals surface area contributed by atoms with Crippen LogP contribution in [0.3, 0.4) is 0 Å². The van der Waals surface area contributed by atoms with Crippen molar-refractivity contribution in [2.45, 2.75) is 37.7 Å². The molecule has 1 aliphatic carbocycles. The number of hydrogen-bond acceptors (Lipinski definition) is 3. The molecule has 2 aromatic carbocycles. The Morgan fingerprint density at radius 1 is 0.913 bits per heavy atom. The summed E-state index contributed by atoms with van der Waals surface area (Å²) < 4.78 is 0. The second-order valence-electron chi connectivity index (χ2n) is 6.22. The number of amides is 1. The maximum atomic E-state index is 12.1. The van der Waals surface area contributed by atoms with E-state index in [1.807, 2.05) is 54.6 Å². The van der Waals surface area contributed by atoms with Crippen LogP contribution in [0.2, 0.25) is 0 Å². The average Bonchev–Trinajstić information content (AvgIpc) is 2.96. The lowest BCUT2D eigenvalue weighted by Gasteiger charge is -2.21. The highest BCUT2D eigenvalue weighted by molar-refractivity contribution is 5.91. The maximum absolute atomic E-state index is 12.1. The van der Waals surface area contributed by atoms with Gasteiger partial charge in [0.05, 0.1) is 12.0 Å². The van der Waals surface area contributed by atoms with Crippen molar-refractivity contribution in [3.8, 4) is 0 Å². The van der Waals surface area contributed by atoms with Crippen LogP contribution in [0.25, 0.3) is 0 Å². The Balaban J connectivity index is 1.56. The first-order valence-electron chi connectivity index (χ1n) is 8.07. The molecular formula is C19H22N2O2. The summed E-state index contributed by atoms with van der Waals surface area (Å²) in [4.78, 5) is 12.1. The molecule has 1 amide bonds. The maximum Gasteiger partial charge on any atom is 0.227 e. The number of para-hydroxylation sites is 1. The van der Waals surface area contributed by atoms with Gasteiger partial charge in [0.1, 0.15) is 0 Å². The third kappa shape index (κ3) is 4.33. The van der Waals surface area contributed by atoms with E-state index in [1.54, 1.807) is 0 Å². The molecule has 4 nitrogen and oxygen atoms in total. The van der Waals surface area contributed by atoms with Crippen molar-refractivity contribution in [1.82, 2.24) is 0 Å². The first-order valence-corrected chi connectivity index (χ1v) is 8.07. The van der Waals surface area contributed by atoms with Crippen molar-refractivity contribution >= 4 is 23.0 Å². The molecule has 0 unspecified atom stereocenters. The topological polar surface area (TPSA) is 61.4 Å². The minimum atomic E-state index is -0.807. The van der Waals surface area contributed by atoms with Crippen LogP contribution < -0.4 is 10.6 Å². The molecule has 0 heterocycles. The summed E-state index contributed by atoms with van der Waals surface area (Å²) in [6.07, 6.45) is 3.63. The molecule has 0 atom stereocenters. The Morgan fingerprint density at radius 3 is 2.13 bits per heavy atom. The highest BCUT2D eigenvalue weighted by atomic mass is 16.3. The normalized spacial score (nSPS) is 16.0. The van der Waals surface area contributed by atoms with Crippen molar-refractivity contribution in [3.05, 3.63) is 54.6 Å². The first kappa shape index (κ1) is 15.6. The van der Waals surface area contributed by atoms with Crippen molar-refractivity contribution in [3.63, 3.8) is 0 Å². The number of aliphatic hydroxyl groups is 1. The molecule has 1 fully saturated rings. The quantitative estimate of drug-likeness (QED) is 0.780. The van der Waals surface area contributed by atoms with E-state index in [1.165, 1.54) is 0 Å². The molecule has 2 aromatic rings. The number of hydrogen-bond donors (Lipinski definition) is 3. The number of carbonyl (C=O) groups is 1. The van der Waals surface area contributed by atoms with Gasteiger partial charge in [-0.05, 0) is 49.2 Å². The first-order chi connectivity index (χ1) is 11.1. The zero-order valence-electron chi connectivity index (χ0n) is 13.1. The molecule has 1 aliphatic rings. The molecule has 0 aliphatic heterocycles. The van der Waals surface area contributed by atoms with E-state index < -0.39 is 5.60 Å². The largest absolute Gasteiger partial charge is 0.389 e. The van der Waals surface area contributed by atoms with Gasteiger partial charge in [-0.25, -0.2) is 0 Å². The summed E-state index contributed by atoms with van der Waals surface area (Å²) in [6, 6.07) is 17.5. The zero-order chi connectivity index (χ0) is 16.1. The van der Waals surface area contributed by atoms with Gasteiger partial charge in [0.2, 0.25) is 5.91 Å². The number of benzene rings is 2. The Morgan fingerprint density at radius 2 is 1.48 bits per heavy atom. The van der Waals surface area contributed by atoms with E-state index >= 15 is 0 Å². The fraction of sp³-hybridized carbons (Fsp3) is 0.316. The second kappa shape index (κ2) is 6.84. The lowest BCUT2D eigenvalue weighted by atomic mass is 9.97. The monoisotopic (exact) mass is 310 g/mol. The van der Waals surface area contributed by atoms with Crippen LogP contribution >= 0.6 is 0 Å². The highest BCUT2D eigenvalue weighted by Gasteiger charge is 2.33. The van der Waals surface area contributed by atoms with Gasteiger partial charge in [-0.3, -0.25) is 4.79 Å². The van der Waals surface area contributed by atoms with Crippen LogP contribution in [-0.2, 0) is 4.79 Å². The van der Waals surface area contributed by atoms with Crippen LogP contribution in [0.5, 0.6) is 0 Å². The minimum Gasteiger partial charge on any atom is -0.389 e. The molecule has 0 bridgehead atoms. The standard InChI is InChI=1S/C19H22N2O2/c22-18(14-19(23)12-4-5-13-19)21-17-10-8-16(9-11-17)20-15-6-2-1-3-7-15/h1-3,6-11,20,23H,4-5,12-14H2,(H,21,22). The number of rotatable bonds is 5. The van der Waals surface area contributed by atoms with E-state index in [0.717, 1.165) is 42.7 Å². The van der Waals surface area contributed by atoms with Crippen LogP contribution in [0.4, 0.5) is 17.1 Å². The van der Waals surface area contributed by atoms with Crippen molar-refractivity contribution in [2.75, 3.05) is 10.6 Å². The average molecular weight is 310 g/mol. The van der Waals surface area contributed by atoms with Crippen LogP contribution in [0, 0.1) is 0 Å². The van der Waals surface area contributed by atoms with E-state index in [4.69, 9.17) is 0 Å². The summed E-state index contributed by atoms with van der Waals surface area (Å²) in [7, 11) is 0. The molecule has 0 aromatic heterocycles. The SMILES string of the molecule is O=C(CC1(O)CCCC1)Nc1ccc(Nc2ccccc2)cc1. The summed E-state index contributed by atoms with van der Waals surface area (Å²) in [5, 5.41) is 16.4. The van der Waals surface area contributed by atoms with Crippen LogP contribution in [-0.4, -0.2) is 16.6 Å². The molecule has 0 spiro atoms. The van der Waals surface area contributed by atoms with E-state index in [0.29, 0.717) is 0 Å². The zero-order valence-corrected chi connectivity index (χ0v) is 13.1. The van der Waals surface area contributed by atoms with Gasteiger partial charge in [-0.1, -0.05) is 31.0 Å². The minimum absolute atomic E-state index is 0.127. The van der Waals surface area contributed by atoms with Gasteiger partial charge < -0.3 is 15.7 Å². The fourth-order valence-electron chi connectivity index (χ4n) is 3.04. The second-order valence-corrected chi connectivity index (χ2v) is 6.22. The fourth-order valence-corrected chi connectivity index (χ4v) is 3.04. The van der Waals surface area contributed by atoms with Gasteiger partial charge in [-0.15, -0.1) is 0 Å². The Kier molecular flexibility index (Phi) is 4.63. The summed E-state index contributed by atoms with van der Waals surface area (Å²) in [5.41, 5.74) is 1.92. The smallest absolute Gasteiger partial charge is 0.227 e. The predicted octanol–water partition coefficient (Wildman–Crippen LogP) is 4.06. The third-order valence-electron chi connectivity index (χ3n) is 4.26. The Hall–Kier alpha value is -2.33. The molecule has 0 radical (unpaired) electrons. The number of nitrogens with one attached hydrogen (secondary N) is 2. The molecule has 23 heavy (non-hydrogen) atoms. The number of carbonyl (C=O) groups excluding carboxylic acids is 1. The van der Waals surface area contributed by atoms with E-state index in [9.17, 15) is 9.90 Å². The van der Waals surface area contributed by atoms with Gasteiger partial charge in [0.15, 0.2) is 0 Å². The lowest BCUT2D eigenvalue weighted by Crippen LogP contribution is -2.30. The van der Waals surface area contributed by atoms with Crippen LogP contribution in [0.1, 0.15) is 32.1 Å². The van der Waals surface area contributed by atoms with Gasteiger partial charge in [-0.2, -0.15) is 0 Å².